The van der Waals surface area contributed by atoms with E-state index in [2.05, 4.69) is 20.8 Å². The lowest BCUT2D eigenvalue weighted by molar-refractivity contribution is -0.124. The summed E-state index contributed by atoms with van der Waals surface area (Å²) in [5.74, 6) is -0.180. The quantitative estimate of drug-likeness (QED) is 0.744. The number of carbonyl (C=O) groups excluding carboxylic acids is 2. The van der Waals surface area contributed by atoms with Crippen molar-refractivity contribution in [2.24, 2.45) is 0 Å². The first-order valence-corrected chi connectivity index (χ1v) is 8.98. The molecule has 2 heterocycles. The molecule has 116 valence electrons. The van der Waals surface area contributed by atoms with Crippen LogP contribution in [0.5, 0.6) is 0 Å². The Labute approximate surface area is 142 Å². The van der Waals surface area contributed by atoms with Gasteiger partial charge in [-0.1, -0.05) is 34.5 Å². The summed E-state index contributed by atoms with van der Waals surface area (Å²) in [5, 5.41) is -0.170. The molecule has 2 saturated heterocycles. The first-order valence-electron chi connectivity index (χ1n) is 7.37. The predicted molar refractivity (Wildman–Crippen MR) is 92.2 cm³/mol. The Morgan fingerprint density at radius 3 is 2.68 bits per heavy atom. The van der Waals surface area contributed by atoms with Gasteiger partial charge in [-0.05, 0) is 61.5 Å². The minimum atomic E-state index is -0.180. The zero-order chi connectivity index (χ0) is 15.5. The smallest absolute Gasteiger partial charge is 0.286 e. The highest BCUT2D eigenvalue weighted by molar-refractivity contribution is 9.10. The first-order chi connectivity index (χ1) is 10.6. The van der Waals surface area contributed by atoms with Crippen molar-refractivity contribution < 1.29 is 9.59 Å². The Morgan fingerprint density at radius 1 is 1.18 bits per heavy atom. The minimum absolute atomic E-state index is 0.170. The lowest BCUT2D eigenvalue weighted by atomic mass is 10.1. The number of imide groups is 1. The van der Waals surface area contributed by atoms with E-state index in [-0.39, 0.29) is 11.1 Å². The third-order valence-corrected chi connectivity index (χ3v) is 5.21. The summed E-state index contributed by atoms with van der Waals surface area (Å²) < 4.78 is 0.953. The van der Waals surface area contributed by atoms with Gasteiger partial charge in [0.25, 0.3) is 11.1 Å². The Morgan fingerprint density at radius 2 is 1.95 bits per heavy atom. The molecular formula is C16H17BrN2O2S. The summed E-state index contributed by atoms with van der Waals surface area (Å²) >= 11 is 4.44. The fourth-order valence-corrected chi connectivity index (χ4v) is 3.92. The number of rotatable bonds is 3. The number of piperidine rings is 1. The second-order valence-corrected chi connectivity index (χ2v) is 7.39. The maximum absolute atomic E-state index is 12.5. The Balaban J connectivity index is 1.73. The number of amides is 2. The van der Waals surface area contributed by atoms with Gasteiger partial charge in [0.15, 0.2) is 0 Å². The van der Waals surface area contributed by atoms with Gasteiger partial charge in [0, 0.05) is 4.47 Å². The predicted octanol–water partition coefficient (Wildman–Crippen LogP) is 3.93. The summed E-state index contributed by atoms with van der Waals surface area (Å²) in [6.07, 6.45) is 5.31. The molecule has 22 heavy (non-hydrogen) atoms. The molecule has 2 amide bonds. The second kappa shape index (κ2) is 6.98. The number of hydrogen-bond acceptors (Lipinski definition) is 4. The fraction of sp³-hybridized carbons (Fsp3) is 0.375. The molecule has 2 fully saturated rings. The molecule has 1 aromatic carbocycles. The van der Waals surface area contributed by atoms with Crippen LogP contribution in [0.2, 0.25) is 0 Å². The minimum Gasteiger partial charge on any atom is -0.286 e. The molecule has 0 radical (unpaired) electrons. The summed E-state index contributed by atoms with van der Waals surface area (Å²) in [6.45, 7) is 2.35. The van der Waals surface area contributed by atoms with Crippen molar-refractivity contribution in [1.82, 2.24) is 9.80 Å². The molecule has 1 aromatic rings. The van der Waals surface area contributed by atoms with Gasteiger partial charge >= 0.3 is 0 Å². The molecule has 2 aliphatic rings. The Bertz CT molecular complexity index is 626. The number of carbonyl (C=O) groups is 2. The van der Waals surface area contributed by atoms with Crippen molar-refractivity contribution >= 4 is 44.9 Å². The summed E-state index contributed by atoms with van der Waals surface area (Å²) in [7, 11) is 0. The average molecular weight is 381 g/mol. The monoisotopic (exact) mass is 380 g/mol. The Kier molecular flexibility index (Phi) is 5.00. The SMILES string of the molecule is O=C1SC(=Cc2cccc(Br)c2)C(=O)N1CN1CCCCC1. The van der Waals surface area contributed by atoms with E-state index in [1.807, 2.05) is 24.3 Å². The van der Waals surface area contributed by atoms with Crippen LogP contribution in [0.15, 0.2) is 33.6 Å². The van der Waals surface area contributed by atoms with Crippen LogP contribution in [0.1, 0.15) is 24.8 Å². The Hall–Kier alpha value is -1.11. The van der Waals surface area contributed by atoms with Crippen LogP contribution in [0.25, 0.3) is 6.08 Å². The molecule has 0 bridgehead atoms. The van der Waals surface area contributed by atoms with Gasteiger partial charge in [-0.2, -0.15) is 0 Å². The van der Waals surface area contributed by atoms with Crippen molar-refractivity contribution in [2.45, 2.75) is 19.3 Å². The van der Waals surface area contributed by atoms with Crippen LogP contribution < -0.4 is 0 Å². The molecule has 0 unspecified atom stereocenters. The summed E-state index contributed by atoms with van der Waals surface area (Å²) in [5.41, 5.74) is 0.915. The molecule has 2 aliphatic heterocycles. The number of likely N-dealkylation sites (tertiary alicyclic amines) is 1. The van der Waals surface area contributed by atoms with E-state index in [1.165, 1.54) is 11.3 Å². The van der Waals surface area contributed by atoms with Crippen molar-refractivity contribution in [3.8, 4) is 0 Å². The van der Waals surface area contributed by atoms with Crippen molar-refractivity contribution in [2.75, 3.05) is 19.8 Å². The maximum Gasteiger partial charge on any atom is 0.294 e. The molecule has 0 N–H and O–H groups in total. The van der Waals surface area contributed by atoms with E-state index >= 15 is 0 Å². The third kappa shape index (κ3) is 3.62. The van der Waals surface area contributed by atoms with Gasteiger partial charge in [-0.15, -0.1) is 0 Å². The van der Waals surface area contributed by atoms with Crippen molar-refractivity contribution in [3.05, 3.63) is 39.2 Å². The largest absolute Gasteiger partial charge is 0.294 e. The average Bonchev–Trinajstić information content (AvgIpc) is 2.76. The van der Waals surface area contributed by atoms with E-state index in [4.69, 9.17) is 0 Å². The highest BCUT2D eigenvalue weighted by Crippen LogP contribution is 2.32. The molecule has 0 saturated carbocycles. The number of hydrogen-bond donors (Lipinski definition) is 0. The summed E-state index contributed by atoms with van der Waals surface area (Å²) in [6, 6.07) is 7.69. The number of thioether (sulfide) groups is 1. The lowest BCUT2D eigenvalue weighted by Crippen LogP contribution is -2.42. The van der Waals surface area contributed by atoms with E-state index < -0.39 is 0 Å². The standard InChI is InChI=1S/C16H17BrN2O2S/c17-13-6-4-5-12(9-13)10-14-15(20)19(16(21)22-14)11-18-7-2-1-3-8-18/h4-6,9-10H,1-3,7-8,11H2. The third-order valence-electron chi connectivity index (χ3n) is 3.81. The van der Waals surface area contributed by atoms with Crippen LogP contribution >= 0.6 is 27.7 Å². The molecule has 4 nitrogen and oxygen atoms in total. The van der Waals surface area contributed by atoms with Gasteiger partial charge in [0.2, 0.25) is 0 Å². The van der Waals surface area contributed by atoms with Crippen LogP contribution in [0.4, 0.5) is 4.79 Å². The highest BCUT2D eigenvalue weighted by atomic mass is 79.9. The van der Waals surface area contributed by atoms with Gasteiger partial charge < -0.3 is 0 Å². The molecule has 3 rings (SSSR count). The van der Waals surface area contributed by atoms with E-state index in [0.29, 0.717) is 11.6 Å². The summed E-state index contributed by atoms with van der Waals surface area (Å²) in [4.78, 5) is 28.6. The van der Waals surface area contributed by atoms with Gasteiger partial charge in [-0.25, -0.2) is 0 Å². The van der Waals surface area contributed by atoms with Crippen LogP contribution in [-0.2, 0) is 4.79 Å². The topological polar surface area (TPSA) is 40.6 Å². The molecule has 0 spiro atoms. The van der Waals surface area contributed by atoms with Gasteiger partial charge in [0.1, 0.15) is 0 Å². The van der Waals surface area contributed by atoms with Crippen molar-refractivity contribution in [1.29, 1.82) is 0 Å². The normalized spacial score (nSPS) is 21.9. The van der Waals surface area contributed by atoms with Crippen LogP contribution in [0, 0.1) is 0 Å². The van der Waals surface area contributed by atoms with E-state index in [0.717, 1.165) is 47.7 Å². The zero-order valence-corrected chi connectivity index (χ0v) is 14.5. The molecule has 6 heteroatoms. The molecule has 0 aromatic heterocycles. The number of nitrogens with zero attached hydrogens (tertiary/aromatic N) is 2. The fourth-order valence-electron chi connectivity index (χ4n) is 2.67. The molecule has 0 atom stereocenters. The molecular weight excluding hydrogens is 364 g/mol. The molecule has 0 aliphatic carbocycles. The second-order valence-electron chi connectivity index (χ2n) is 5.48. The number of halogens is 1. The van der Waals surface area contributed by atoms with E-state index in [9.17, 15) is 9.59 Å². The van der Waals surface area contributed by atoms with E-state index in [1.54, 1.807) is 6.08 Å². The van der Waals surface area contributed by atoms with Gasteiger partial charge in [0.05, 0.1) is 11.6 Å². The lowest BCUT2D eigenvalue weighted by Gasteiger charge is -2.29. The van der Waals surface area contributed by atoms with Crippen LogP contribution in [0.3, 0.4) is 0 Å². The van der Waals surface area contributed by atoms with Gasteiger partial charge in [-0.3, -0.25) is 19.4 Å². The maximum atomic E-state index is 12.5. The van der Waals surface area contributed by atoms with Crippen LogP contribution in [-0.4, -0.2) is 40.7 Å². The zero-order valence-electron chi connectivity index (χ0n) is 12.1. The number of benzene rings is 1. The highest BCUT2D eigenvalue weighted by Gasteiger charge is 2.36. The first kappa shape index (κ1) is 15.8. The van der Waals surface area contributed by atoms with Crippen molar-refractivity contribution in [3.63, 3.8) is 0 Å².